The zero-order chi connectivity index (χ0) is 34.3. The molecule has 4 aliphatic rings. The number of allylic oxidation sites excluding steroid dienone is 1. The summed E-state index contributed by atoms with van der Waals surface area (Å²) >= 11 is 0. The van der Waals surface area contributed by atoms with E-state index in [0.29, 0.717) is 23.9 Å². The van der Waals surface area contributed by atoms with E-state index < -0.39 is 65.6 Å². The van der Waals surface area contributed by atoms with Gasteiger partial charge in [0, 0.05) is 13.0 Å². The Morgan fingerprint density at radius 3 is 2.59 bits per heavy atom. The van der Waals surface area contributed by atoms with Gasteiger partial charge >= 0.3 is 5.97 Å². The minimum Gasteiger partial charge on any atom is -0.455 e. The third kappa shape index (κ3) is 5.60. The highest BCUT2D eigenvalue weighted by Crippen LogP contribution is 2.54. The van der Waals surface area contributed by atoms with Crippen molar-refractivity contribution in [3.63, 3.8) is 0 Å². The standard InChI is InChI=1S/C36H40N6O7/c1-3-24(20-43)42-32-34(46)40(21-41-26-15-8-7-14-25(26)38-39-41)19-11-18-36(32)30(33(42)45)29-27(49-36)16-9-10-17-28(44)37-22(2)31(48-35(29)47)23-12-5-4-6-13-23/h4-9,11-16,18,22,24,27,29-32,43H,3,10,17,19-21H2,1-2H3,(H,37,44)/b16-9-/t22-,24+,27-,29+,30+,31+,32-,36+/m1/s1. The minimum atomic E-state index is -1.53. The minimum absolute atomic E-state index is 0.0609. The molecular formula is C36H40N6O7. The smallest absolute Gasteiger partial charge is 0.313 e. The van der Waals surface area contributed by atoms with Gasteiger partial charge in [0.1, 0.15) is 35.9 Å². The van der Waals surface area contributed by atoms with Crippen LogP contribution in [0.3, 0.4) is 0 Å². The zero-order valence-corrected chi connectivity index (χ0v) is 27.4. The first kappa shape index (κ1) is 32.7. The molecule has 0 unspecified atom stereocenters. The molecule has 7 rings (SSSR count). The number of nitrogens with one attached hydrogen (secondary N) is 1. The number of ether oxygens (including phenoxy) is 2. The highest BCUT2D eigenvalue weighted by molar-refractivity contribution is 5.99. The van der Waals surface area contributed by atoms with Gasteiger partial charge in [-0.2, -0.15) is 0 Å². The quantitative estimate of drug-likeness (QED) is 0.297. The molecule has 256 valence electrons. The van der Waals surface area contributed by atoms with Crippen molar-refractivity contribution in [3.05, 3.63) is 84.5 Å². The van der Waals surface area contributed by atoms with Crippen LogP contribution >= 0.6 is 0 Å². The Morgan fingerprint density at radius 1 is 1.04 bits per heavy atom. The molecule has 4 aliphatic heterocycles. The molecule has 2 aromatic carbocycles. The van der Waals surface area contributed by atoms with E-state index in [2.05, 4.69) is 15.6 Å². The number of aliphatic hydroxyl groups excluding tert-OH is 1. The molecule has 13 heteroatoms. The normalized spacial score (nSPS) is 31.6. The number of aromatic nitrogens is 3. The molecule has 3 amide bonds. The Morgan fingerprint density at radius 2 is 1.82 bits per heavy atom. The molecule has 5 heterocycles. The highest BCUT2D eigenvalue weighted by Gasteiger charge is 2.72. The van der Waals surface area contributed by atoms with Crippen LogP contribution in [0.5, 0.6) is 0 Å². The fourth-order valence-corrected chi connectivity index (χ4v) is 7.81. The molecule has 13 nitrogen and oxygen atoms in total. The molecule has 0 saturated carbocycles. The van der Waals surface area contributed by atoms with Gasteiger partial charge in [-0.1, -0.05) is 78.9 Å². The molecule has 2 N–H and O–H groups in total. The maximum atomic E-state index is 14.7. The Hall–Kier alpha value is -4.88. The summed E-state index contributed by atoms with van der Waals surface area (Å²) in [7, 11) is 0. The molecule has 2 saturated heterocycles. The van der Waals surface area contributed by atoms with Crippen LogP contribution < -0.4 is 5.32 Å². The van der Waals surface area contributed by atoms with Crippen molar-refractivity contribution in [2.45, 2.75) is 75.7 Å². The summed E-state index contributed by atoms with van der Waals surface area (Å²) in [6.45, 7) is 3.49. The van der Waals surface area contributed by atoms with Crippen molar-refractivity contribution < 1.29 is 33.8 Å². The van der Waals surface area contributed by atoms with E-state index in [9.17, 15) is 24.3 Å². The van der Waals surface area contributed by atoms with Crippen LogP contribution in [0.25, 0.3) is 11.0 Å². The molecule has 0 radical (unpaired) electrons. The molecule has 49 heavy (non-hydrogen) atoms. The number of esters is 1. The van der Waals surface area contributed by atoms with Crippen molar-refractivity contribution in [1.82, 2.24) is 30.1 Å². The van der Waals surface area contributed by atoms with Gasteiger partial charge in [-0.3, -0.25) is 19.2 Å². The fraction of sp³-hybridized carbons (Fsp3) is 0.444. The van der Waals surface area contributed by atoms with Crippen molar-refractivity contribution in [2.75, 3.05) is 13.2 Å². The first-order valence-electron chi connectivity index (χ1n) is 16.8. The van der Waals surface area contributed by atoms with Crippen LogP contribution in [-0.4, -0.2) is 96.6 Å². The second-order valence-corrected chi connectivity index (χ2v) is 13.1. The molecule has 0 aliphatic carbocycles. The van der Waals surface area contributed by atoms with Crippen LogP contribution in [-0.2, 0) is 35.3 Å². The largest absolute Gasteiger partial charge is 0.455 e. The van der Waals surface area contributed by atoms with Crippen LogP contribution in [0, 0.1) is 11.8 Å². The summed E-state index contributed by atoms with van der Waals surface area (Å²) in [5, 5.41) is 21.9. The summed E-state index contributed by atoms with van der Waals surface area (Å²) in [6, 6.07) is 14.1. The van der Waals surface area contributed by atoms with Gasteiger partial charge in [0.2, 0.25) is 11.8 Å². The van der Waals surface area contributed by atoms with Gasteiger partial charge in [0.05, 0.1) is 36.2 Å². The lowest BCUT2D eigenvalue weighted by Gasteiger charge is -2.38. The first-order valence-corrected chi connectivity index (χ1v) is 16.8. The zero-order valence-electron chi connectivity index (χ0n) is 27.4. The Balaban J connectivity index is 1.30. The predicted molar refractivity (Wildman–Crippen MR) is 176 cm³/mol. The van der Waals surface area contributed by atoms with Crippen LogP contribution in [0.1, 0.15) is 44.8 Å². The van der Waals surface area contributed by atoms with Crippen LogP contribution in [0.15, 0.2) is 78.9 Å². The SMILES string of the molecule is CC[C@@H](CO)N1C(=O)[C@@H]2[C@H]3C(=O)O[C@H](c4ccccc4)[C@@H](C)NC(=O)CC/C=C\[C@H]3O[C@@]23C=CCN(Cn2nnc4ccccc42)C(=O)[C@@H]13. The number of cyclic esters (lactones) is 1. The number of fused-ring (bicyclic) bond motifs is 3. The maximum absolute atomic E-state index is 14.7. The van der Waals surface area contributed by atoms with E-state index in [4.69, 9.17) is 9.47 Å². The number of rotatable bonds is 6. The van der Waals surface area contributed by atoms with Crippen LogP contribution in [0.2, 0.25) is 0 Å². The van der Waals surface area contributed by atoms with E-state index in [1.165, 1.54) is 4.90 Å². The van der Waals surface area contributed by atoms with Crippen molar-refractivity contribution in [3.8, 4) is 0 Å². The number of nitrogens with zero attached hydrogens (tertiary/aromatic N) is 5. The number of benzene rings is 2. The molecular weight excluding hydrogens is 628 g/mol. The Kier molecular flexibility index (Phi) is 8.80. The Labute approximate surface area is 283 Å². The van der Waals surface area contributed by atoms with Gasteiger partial charge < -0.3 is 29.7 Å². The van der Waals surface area contributed by atoms with Gasteiger partial charge in [0.25, 0.3) is 5.91 Å². The number of likely N-dealkylation sites (tertiary alicyclic amines) is 1. The summed E-state index contributed by atoms with van der Waals surface area (Å²) < 4.78 is 14.7. The number of carbonyl (C=O) groups is 4. The number of aliphatic hydroxyl groups is 1. The third-order valence-corrected chi connectivity index (χ3v) is 10.2. The van der Waals surface area contributed by atoms with E-state index in [1.807, 2.05) is 61.5 Å². The Bertz CT molecular complexity index is 1810. The van der Waals surface area contributed by atoms with E-state index >= 15 is 0 Å². The molecule has 3 aromatic rings. The number of amides is 3. The van der Waals surface area contributed by atoms with Crippen molar-refractivity contribution in [2.24, 2.45) is 11.8 Å². The number of carbonyl (C=O) groups excluding carboxylic acids is 4. The van der Waals surface area contributed by atoms with Gasteiger partial charge in [-0.25, -0.2) is 4.68 Å². The fourth-order valence-electron chi connectivity index (χ4n) is 7.81. The van der Waals surface area contributed by atoms with E-state index in [-0.39, 0.29) is 32.1 Å². The molecule has 1 aromatic heterocycles. The lowest BCUT2D eigenvalue weighted by Crippen LogP contribution is -2.58. The van der Waals surface area contributed by atoms with Gasteiger partial charge in [-0.05, 0) is 37.5 Å². The second-order valence-electron chi connectivity index (χ2n) is 13.1. The average molecular weight is 669 g/mol. The van der Waals surface area contributed by atoms with Gasteiger partial charge in [0.15, 0.2) is 0 Å². The third-order valence-electron chi connectivity index (χ3n) is 10.2. The summed E-state index contributed by atoms with van der Waals surface area (Å²) in [6.07, 6.45) is 6.21. The topological polar surface area (TPSA) is 156 Å². The molecule has 1 spiro atoms. The molecule has 2 fully saturated rings. The van der Waals surface area contributed by atoms with E-state index in [0.717, 1.165) is 5.52 Å². The number of hydrogen-bond donors (Lipinski definition) is 2. The lowest BCUT2D eigenvalue weighted by atomic mass is 9.77. The highest BCUT2D eigenvalue weighted by atomic mass is 16.6. The van der Waals surface area contributed by atoms with Crippen molar-refractivity contribution >= 4 is 34.7 Å². The average Bonchev–Trinajstić information content (AvgIpc) is 3.70. The molecule has 0 bridgehead atoms. The number of para-hydroxylation sites is 1. The maximum Gasteiger partial charge on any atom is 0.313 e. The second kappa shape index (κ2) is 13.2. The van der Waals surface area contributed by atoms with Crippen LogP contribution in [0.4, 0.5) is 0 Å². The molecule has 8 atom stereocenters. The summed E-state index contributed by atoms with van der Waals surface area (Å²) in [5.74, 6) is -3.94. The number of hydrogen-bond acceptors (Lipinski definition) is 9. The lowest BCUT2D eigenvalue weighted by molar-refractivity contribution is -0.162. The van der Waals surface area contributed by atoms with E-state index in [1.54, 1.807) is 40.8 Å². The summed E-state index contributed by atoms with van der Waals surface area (Å²) in [5.41, 5.74) is 0.581. The van der Waals surface area contributed by atoms with Gasteiger partial charge in [-0.15, -0.1) is 5.10 Å². The van der Waals surface area contributed by atoms with Crippen molar-refractivity contribution in [1.29, 1.82) is 0 Å². The monoisotopic (exact) mass is 668 g/mol. The summed E-state index contributed by atoms with van der Waals surface area (Å²) in [4.78, 5) is 59.7. The first-order chi connectivity index (χ1) is 23.8. The predicted octanol–water partition coefficient (Wildman–Crippen LogP) is 2.28.